The summed E-state index contributed by atoms with van der Waals surface area (Å²) in [4.78, 5) is 14.7. The molecule has 1 N–H and O–H groups in total. The summed E-state index contributed by atoms with van der Waals surface area (Å²) in [5.74, 6) is 0.316. The number of carbonyl (C=O) groups excluding carboxylic acids is 1. The number of amides is 1. The van der Waals surface area contributed by atoms with Gasteiger partial charge in [-0.15, -0.1) is 0 Å². The van der Waals surface area contributed by atoms with Crippen molar-refractivity contribution in [1.29, 1.82) is 0 Å². The minimum Gasteiger partial charge on any atom is -0.376 e. The van der Waals surface area contributed by atoms with Gasteiger partial charge in [-0.1, -0.05) is 12.8 Å². The Labute approximate surface area is 109 Å². The van der Waals surface area contributed by atoms with Crippen LogP contribution in [0, 0.1) is 0 Å². The van der Waals surface area contributed by atoms with E-state index in [0.29, 0.717) is 5.91 Å². The second kappa shape index (κ2) is 4.20. The molecule has 1 heterocycles. The lowest BCUT2D eigenvalue weighted by Gasteiger charge is -2.43. The van der Waals surface area contributed by atoms with Gasteiger partial charge in [0.1, 0.15) is 0 Å². The molecule has 3 rings (SSSR count). The van der Waals surface area contributed by atoms with Crippen LogP contribution in [0.4, 0.5) is 0 Å². The maximum absolute atomic E-state index is 12.7. The van der Waals surface area contributed by atoms with E-state index >= 15 is 0 Å². The van der Waals surface area contributed by atoms with Gasteiger partial charge in [-0.2, -0.15) is 0 Å². The third kappa shape index (κ3) is 1.69. The van der Waals surface area contributed by atoms with Gasteiger partial charge in [0, 0.05) is 7.11 Å². The van der Waals surface area contributed by atoms with Gasteiger partial charge in [0.2, 0.25) is 5.91 Å². The molecule has 1 amide bonds. The van der Waals surface area contributed by atoms with E-state index in [1.165, 1.54) is 19.3 Å². The number of nitrogens with zero attached hydrogens (tertiary/aromatic N) is 1. The smallest absolute Gasteiger partial charge is 0.244 e. The van der Waals surface area contributed by atoms with Crippen LogP contribution in [0.25, 0.3) is 0 Å². The molecule has 0 aromatic rings. The molecular formula is C14H24N2O2. The monoisotopic (exact) mass is 252 g/mol. The van der Waals surface area contributed by atoms with Crippen LogP contribution >= 0.6 is 0 Å². The van der Waals surface area contributed by atoms with E-state index in [9.17, 15) is 4.79 Å². The van der Waals surface area contributed by atoms with E-state index in [1.54, 1.807) is 7.11 Å². The molecule has 0 aromatic carbocycles. The summed E-state index contributed by atoms with van der Waals surface area (Å²) in [6, 6.07) is 0. The summed E-state index contributed by atoms with van der Waals surface area (Å²) >= 11 is 0. The van der Waals surface area contributed by atoms with Gasteiger partial charge in [-0.05, 0) is 39.0 Å². The SMILES string of the molecule is COC1(CN2C(=O)C3(CCCC3)NC2C)CCC1. The molecule has 1 aliphatic heterocycles. The highest BCUT2D eigenvalue weighted by atomic mass is 16.5. The first-order valence-corrected chi connectivity index (χ1v) is 7.25. The molecular weight excluding hydrogens is 228 g/mol. The first kappa shape index (κ1) is 12.4. The van der Waals surface area contributed by atoms with Gasteiger partial charge in [-0.25, -0.2) is 0 Å². The Kier molecular flexibility index (Phi) is 2.90. The van der Waals surface area contributed by atoms with Crippen LogP contribution in [0.5, 0.6) is 0 Å². The molecule has 3 aliphatic rings. The standard InChI is InChI=1S/C14H24N2O2/c1-11-15-14(8-3-4-9-14)12(17)16(11)10-13(18-2)6-5-7-13/h11,15H,3-10H2,1-2H3. The summed E-state index contributed by atoms with van der Waals surface area (Å²) in [6.45, 7) is 2.87. The molecule has 4 nitrogen and oxygen atoms in total. The average Bonchev–Trinajstić information content (AvgIpc) is 2.85. The summed E-state index contributed by atoms with van der Waals surface area (Å²) in [6.07, 6.45) is 7.93. The molecule has 0 radical (unpaired) electrons. The first-order valence-electron chi connectivity index (χ1n) is 7.25. The zero-order valence-electron chi connectivity index (χ0n) is 11.5. The molecule has 1 spiro atoms. The fourth-order valence-electron chi connectivity index (χ4n) is 3.84. The first-order chi connectivity index (χ1) is 8.61. The second-order valence-corrected chi connectivity index (χ2v) is 6.28. The van der Waals surface area contributed by atoms with Crippen molar-refractivity contribution in [2.24, 2.45) is 0 Å². The van der Waals surface area contributed by atoms with Crippen molar-refractivity contribution in [2.45, 2.75) is 69.2 Å². The Hall–Kier alpha value is -0.610. The Balaban J connectivity index is 1.74. The number of nitrogens with one attached hydrogen (secondary N) is 1. The zero-order valence-corrected chi connectivity index (χ0v) is 11.5. The minimum atomic E-state index is -0.238. The van der Waals surface area contributed by atoms with Crippen molar-refractivity contribution in [2.75, 3.05) is 13.7 Å². The zero-order chi connectivity index (χ0) is 12.8. The number of carbonyl (C=O) groups is 1. The Morgan fingerprint density at radius 1 is 1.28 bits per heavy atom. The van der Waals surface area contributed by atoms with E-state index in [0.717, 1.165) is 32.2 Å². The van der Waals surface area contributed by atoms with E-state index < -0.39 is 0 Å². The molecule has 2 saturated carbocycles. The van der Waals surface area contributed by atoms with Gasteiger partial charge in [0.15, 0.2) is 0 Å². The largest absolute Gasteiger partial charge is 0.376 e. The van der Waals surface area contributed by atoms with Crippen molar-refractivity contribution in [3.8, 4) is 0 Å². The highest BCUT2D eigenvalue weighted by Crippen LogP contribution is 2.40. The van der Waals surface area contributed by atoms with E-state index in [-0.39, 0.29) is 17.3 Å². The molecule has 0 bridgehead atoms. The van der Waals surface area contributed by atoms with Crippen LogP contribution in [0.2, 0.25) is 0 Å². The number of ether oxygens (including phenoxy) is 1. The van der Waals surface area contributed by atoms with Crippen molar-refractivity contribution in [3.05, 3.63) is 0 Å². The van der Waals surface area contributed by atoms with Gasteiger partial charge >= 0.3 is 0 Å². The van der Waals surface area contributed by atoms with E-state index in [4.69, 9.17) is 4.74 Å². The average molecular weight is 252 g/mol. The van der Waals surface area contributed by atoms with Crippen molar-refractivity contribution in [3.63, 3.8) is 0 Å². The number of hydrogen-bond donors (Lipinski definition) is 1. The minimum absolute atomic E-state index is 0.0598. The molecule has 1 atom stereocenters. The normalized spacial score (nSPS) is 33.1. The lowest BCUT2D eigenvalue weighted by atomic mass is 9.79. The maximum atomic E-state index is 12.7. The molecule has 2 aliphatic carbocycles. The van der Waals surface area contributed by atoms with Crippen molar-refractivity contribution in [1.82, 2.24) is 10.2 Å². The quantitative estimate of drug-likeness (QED) is 0.830. The molecule has 1 saturated heterocycles. The highest BCUT2D eigenvalue weighted by molar-refractivity contribution is 5.89. The number of rotatable bonds is 3. The van der Waals surface area contributed by atoms with Gasteiger partial charge < -0.3 is 9.64 Å². The van der Waals surface area contributed by atoms with Crippen molar-refractivity contribution >= 4 is 5.91 Å². The second-order valence-electron chi connectivity index (χ2n) is 6.28. The lowest BCUT2D eigenvalue weighted by Crippen LogP contribution is -2.52. The molecule has 18 heavy (non-hydrogen) atoms. The van der Waals surface area contributed by atoms with Crippen LogP contribution < -0.4 is 5.32 Å². The Morgan fingerprint density at radius 3 is 2.44 bits per heavy atom. The Bertz CT molecular complexity index is 340. The predicted octanol–water partition coefficient (Wildman–Crippen LogP) is 1.65. The molecule has 102 valence electrons. The van der Waals surface area contributed by atoms with Crippen LogP contribution in [0.15, 0.2) is 0 Å². The number of methoxy groups -OCH3 is 1. The summed E-state index contributed by atoms with van der Waals surface area (Å²) in [5, 5.41) is 3.54. The third-order valence-corrected chi connectivity index (χ3v) is 5.24. The van der Waals surface area contributed by atoms with E-state index in [2.05, 4.69) is 12.2 Å². The van der Waals surface area contributed by atoms with Crippen LogP contribution in [0.1, 0.15) is 51.9 Å². The molecule has 4 heteroatoms. The summed E-state index contributed by atoms with van der Waals surface area (Å²) < 4.78 is 5.66. The summed E-state index contributed by atoms with van der Waals surface area (Å²) in [5.41, 5.74) is -0.298. The molecule has 1 unspecified atom stereocenters. The van der Waals surface area contributed by atoms with Crippen LogP contribution in [0.3, 0.4) is 0 Å². The van der Waals surface area contributed by atoms with Crippen LogP contribution in [-0.2, 0) is 9.53 Å². The topological polar surface area (TPSA) is 41.6 Å². The van der Waals surface area contributed by atoms with Gasteiger partial charge in [0.05, 0.1) is 23.9 Å². The summed E-state index contributed by atoms with van der Waals surface area (Å²) in [7, 11) is 1.78. The molecule has 3 fully saturated rings. The number of hydrogen-bond acceptors (Lipinski definition) is 3. The predicted molar refractivity (Wildman–Crippen MR) is 69.1 cm³/mol. The van der Waals surface area contributed by atoms with Crippen LogP contribution in [-0.4, -0.2) is 41.8 Å². The van der Waals surface area contributed by atoms with Gasteiger partial charge in [-0.3, -0.25) is 10.1 Å². The molecule has 0 aromatic heterocycles. The van der Waals surface area contributed by atoms with E-state index in [1.807, 2.05) is 4.90 Å². The fraction of sp³-hybridized carbons (Fsp3) is 0.929. The van der Waals surface area contributed by atoms with Crippen molar-refractivity contribution < 1.29 is 9.53 Å². The maximum Gasteiger partial charge on any atom is 0.244 e. The van der Waals surface area contributed by atoms with Gasteiger partial charge in [0.25, 0.3) is 0 Å². The third-order valence-electron chi connectivity index (χ3n) is 5.24. The Morgan fingerprint density at radius 2 is 1.94 bits per heavy atom. The fourth-order valence-corrected chi connectivity index (χ4v) is 3.84. The lowest BCUT2D eigenvalue weighted by molar-refractivity contribution is -0.142. The highest BCUT2D eigenvalue weighted by Gasteiger charge is 2.53.